The monoisotopic (exact) mass is 366 g/mol. The molecule has 0 unspecified atom stereocenters. The molecule has 140 valence electrons. The number of carbonyl (C=O) groups is 2. The van der Waals surface area contributed by atoms with Gasteiger partial charge in [-0.2, -0.15) is 0 Å². The number of imide groups is 1. The lowest BCUT2D eigenvalue weighted by Gasteiger charge is -2.44. The van der Waals surface area contributed by atoms with E-state index in [1.807, 2.05) is 37.3 Å². The summed E-state index contributed by atoms with van der Waals surface area (Å²) in [5.41, 5.74) is 7.57. The Hall–Kier alpha value is -3.22. The molecule has 0 aliphatic carbocycles. The molecular formula is C20H22N4O3. The van der Waals surface area contributed by atoms with Gasteiger partial charge < -0.3 is 10.9 Å². The van der Waals surface area contributed by atoms with Crippen LogP contribution in [0.25, 0.3) is 0 Å². The van der Waals surface area contributed by atoms with Gasteiger partial charge in [0.25, 0.3) is 0 Å². The van der Waals surface area contributed by atoms with Crippen LogP contribution in [0.1, 0.15) is 30.4 Å². The molecular weight excluding hydrogens is 344 g/mol. The number of hydrogen-bond acceptors (Lipinski definition) is 6. The second kappa shape index (κ2) is 7.99. The summed E-state index contributed by atoms with van der Waals surface area (Å²) < 4.78 is 0. The van der Waals surface area contributed by atoms with Gasteiger partial charge in [0.15, 0.2) is 0 Å². The minimum Gasteiger partial charge on any atom is -0.411 e. The molecule has 7 heteroatoms. The highest BCUT2D eigenvalue weighted by atomic mass is 16.4. The van der Waals surface area contributed by atoms with Gasteiger partial charge in [0.1, 0.15) is 5.82 Å². The van der Waals surface area contributed by atoms with Crippen LogP contribution in [0.2, 0.25) is 0 Å². The summed E-state index contributed by atoms with van der Waals surface area (Å²) in [4.78, 5) is 30.4. The molecule has 1 aromatic heterocycles. The molecule has 1 aliphatic heterocycles. The fourth-order valence-corrected chi connectivity index (χ4v) is 3.44. The Morgan fingerprint density at radius 2 is 2.11 bits per heavy atom. The third-order valence-corrected chi connectivity index (χ3v) is 4.90. The van der Waals surface area contributed by atoms with Crippen molar-refractivity contribution in [3.8, 4) is 0 Å². The maximum atomic E-state index is 12.7. The lowest BCUT2D eigenvalue weighted by Crippen LogP contribution is -2.64. The zero-order valence-corrected chi connectivity index (χ0v) is 15.0. The second-order valence-corrected chi connectivity index (χ2v) is 6.77. The summed E-state index contributed by atoms with van der Waals surface area (Å²) in [6.07, 6.45) is 3.43. The second-order valence-electron chi connectivity index (χ2n) is 6.77. The van der Waals surface area contributed by atoms with Crippen LogP contribution < -0.4 is 5.73 Å². The quantitative estimate of drug-likeness (QED) is 0.353. The number of β-lactam (4-membered cyclic amide) rings is 1. The van der Waals surface area contributed by atoms with Crippen LogP contribution in [0.5, 0.6) is 0 Å². The van der Waals surface area contributed by atoms with Crippen LogP contribution >= 0.6 is 0 Å². The predicted octanol–water partition coefficient (Wildman–Crippen LogP) is 2.21. The zero-order valence-electron chi connectivity index (χ0n) is 15.0. The number of amides is 2. The predicted molar refractivity (Wildman–Crippen MR) is 101 cm³/mol. The standard InChI is InChI=1S/C20H22N4O3/c1-13(15-5-3-2-4-6-15)9-19(25)24-17(12-23-27)16(20(24)26)10-14-7-8-22-18(21)11-14/h2-8,11-13,16-17,27H,9-10H2,1H3,(H2,21,22)/b23-12+/t13-,16+,17+/m0/s1. The van der Waals surface area contributed by atoms with Gasteiger partial charge in [0, 0.05) is 12.6 Å². The number of hydrogen-bond donors (Lipinski definition) is 2. The van der Waals surface area contributed by atoms with Gasteiger partial charge in [-0.3, -0.25) is 14.5 Å². The Morgan fingerprint density at radius 1 is 1.37 bits per heavy atom. The largest absolute Gasteiger partial charge is 0.411 e. The first-order chi connectivity index (χ1) is 13.0. The lowest BCUT2D eigenvalue weighted by molar-refractivity contribution is -0.162. The van der Waals surface area contributed by atoms with Crippen molar-refractivity contribution in [1.82, 2.24) is 9.88 Å². The van der Waals surface area contributed by atoms with Gasteiger partial charge >= 0.3 is 0 Å². The highest BCUT2D eigenvalue weighted by Crippen LogP contribution is 2.31. The van der Waals surface area contributed by atoms with Crippen molar-refractivity contribution < 1.29 is 14.8 Å². The van der Waals surface area contributed by atoms with E-state index in [1.54, 1.807) is 18.3 Å². The maximum absolute atomic E-state index is 12.7. The highest BCUT2D eigenvalue weighted by molar-refractivity contribution is 6.06. The molecule has 3 N–H and O–H groups in total. The smallest absolute Gasteiger partial charge is 0.235 e. The Kier molecular flexibility index (Phi) is 5.49. The van der Waals surface area contributed by atoms with Gasteiger partial charge in [-0.05, 0) is 35.6 Å². The molecule has 0 spiro atoms. The van der Waals surface area contributed by atoms with E-state index in [0.29, 0.717) is 12.2 Å². The Labute approximate surface area is 157 Å². The van der Waals surface area contributed by atoms with E-state index in [0.717, 1.165) is 11.1 Å². The number of oxime groups is 1. The number of likely N-dealkylation sites (tertiary alicyclic amines) is 1. The van der Waals surface area contributed by atoms with Crippen LogP contribution in [0.3, 0.4) is 0 Å². The van der Waals surface area contributed by atoms with E-state index in [2.05, 4.69) is 10.1 Å². The molecule has 27 heavy (non-hydrogen) atoms. The molecule has 1 fully saturated rings. The van der Waals surface area contributed by atoms with Gasteiger partial charge in [-0.1, -0.05) is 42.4 Å². The van der Waals surface area contributed by atoms with Gasteiger partial charge in [0.05, 0.1) is 18.2 Å². The summed E-state index contributed by atoms with van der Waals surface area (Å²) in [6, 6.07) is 12.6. The first-order valence-corrected chi connectivity index (χ1v) is 8.80. The molecule has 2 heterocycles. The van der Waals surface area contributed by atoms with Crippen LogP contribution in [-0.4, -0.2) is 39.2 Å². The van der Waals surface area contributed by atoms with Crippen LogP contribution in [0.15, 0.2) is 53.8 Å². The molecule has 0 bridgehead atoms. The highest BCUT2D eigenvalue weighted by Gasteiger charge is 2.49. The van der Waals surface area contributed by atoms with E-state index in [9.17, 15) is 9.59 Å². The SMILES string of the molecule is C[C@@H](CC(=O)N1C(=O)[C@H](Cc2ccnc(N)c2)[C@H]1/C=N/O)c1ccccc1. The molecule has 2 aromatic rings. The third kappa shape index (κ3) is 3.97. The van der Waals surface area contributed by atoms with Crippen LogP contribution in [0, 0.1) is 5.92 Å². The molecule has 3 rings (SSSR count). The van der Waals surface area contributed by atoms with Crippen molar-refractivity contribution in [2.24, 2.45) is 11.1 Å². The number of aromatic nitrogens is 1. The van der Waals surface area contributed by atoms with E-state index in [-0.39, 0.29) is 24.2 Å². The average molecular weight is 366 g/mol. The summed E-state index contributed by atoms with van der Waals surface area (Å²) >= 11 is 0. The number of pyridine rings is 1. The van der Waals surface area contributed by atoms with Gasteiger partial charge in [-0.15, -0.1) is 0 Å². The third-order valence-electron chi connectivity index (χ3n) is 4.90. The van der Waals surface area contributed by atoms with Crippen molar-refractivity contribution in [3.63, 3.8) is 0 Å². The molecule has 3 atom stereocenters. The summed E-state index contributed by atoms with van der Waals surface area (Å²) in [6.45, 7) is 1.95. The minimum atomic E-state index is -0.563. The van der Waals surface area contributed by atoms with E-state index in [1.165, 1.54) is 11.1 Å². The number of benzene rings is 1. The number of anilines is 1. The van der Waals surface area contributed by atoms with Crippen molar-refractivity contribution >= 4 is 23.8 Å². The van der Waals surface area contributed by atoms with E-state index < -0.39 is 12.0 Å². The van der Waals surface area contributed by atoms with Crippen molar-refractivity contribution in [2.75, 3.05) is 5.73 Å². The molecule has 1 aliphatic rings. The molecule has 1 aromatic carbocycles. The van der Waals surface area contributed by atoms with Crippen LogP contribution in [0.4, 0.5) is 5.82 Å². The number of carbonyl (C=O) groups excluding carboxylic acids is 2. The number of rotatable bonds is 6. The Bertz CT molecular complexity index is 853. The van der Waals surface area contributed by atoms with Crippen LogP contribution in [-0.2, 0) is 16.0 Å². The molecule has 0 saturated carbocycles. The minimum absolute atomic E-state index is 0.0164. The lowest BCUT2D eigenvalue weighted by atomic mass is 9.82. The fraction of sp³-hybridized carbons (Fsp3) is 0.300. The Morgan fingerprint density at radius 3 is 2.78 bits per heavy atom. The number of nitrogens with two attached hydrogens (primary N) is 1. The van der Waals surface area contributed by atoms with Gasteiger partial charge in [-0.25, -0.2) is 4.98 Å². The Balaban J connectivity index is 1.70. The summed E-state index contributed by atoms with van der Waals surface area (Å²) in [5, 5.41) is 12.0. The number of nitrogens with zero attached hydrogens (tertiary/aromatic N) is 3. The average Bonchev–Trinajstić information content (AvgIpc) is 2.66. The molecule has 1 saturated heterocycles. The molecule has 7 nitrogen and oxygen atoms in total. The normalized spacial score (nSPS) is 20.5. The molecule has 0 radical (unpaired) electrons. The first-order valence-electron chi connectivity index (χ1n) is 8.80. The summed E-state index contributed by atoms with van der Waals surface area (Å²) in [7, 11) is 0. The zero-order chi connectivity index (χ0) is 19.4. The van der Waals surface area contributed by atoms with Gasteiger partial charge in [0.2, 0.25) is 11.8 Å². The number of nitrogen functional groups attached to an aromatic ring is 1. The summed E-state index contributed by atoms with van der Waals surface area (Å²) in [5.74, 6) is -0.639. The van der Waals surface area contributed by atoms with Crippen molar-refractivity contribution in [1.29, 1.82) is 0 Å². The first kappa shape index (κ1) is 18.6. The molecule has 2 amide bonds. The van der Waals surface area contributed by atoms with E-state index in [4.69, 9.17) is 10.9 Å². The topological polar surface area (TPSA) is 109 Å². The van der Waals surface area contributed by atoms with Crippen molar-refractivity contribution in [2.45, 2.75) is 31.7 Å². The van der Waals surface area contributed by atoms with E-state index >= 15 is 0 Å². The maximum Gasteiger partial charge on any atom is 0.235 e. The van der Waals surface area contributed by atoms with Crippen molar-refractivity contribution in [3.05, 3.63) is 59.8 Å². The fourth-order valence-electron chi connectivity index (χ4n) is 3.44.